The molecule has 0 aliphatic rings. The van der Waals surface area contributed by atoms with Crippen LogP contribution in [0.4, 0.5) is 5.13 Å². The number of hydrogen-bond donors (Lipinski definition) is 1. The van der Waals surface area contributed by atoms with E-state index in [1.807, 2.05) is 42.5 Å². The fraction of sp³-hybridized carbons (Fsp3) is 0.100. The third-order valence-electron chi connectivity index (χ3n) is 4.16. The van der Waals surface area contributed by atoms with Crippen molar-refractivity contribution < 1.29 is 14.3 Å². The highest BCUT2D eigenvalue weighted by molar-refractivity contribution is 7.21. The maximum Gasteiger partial charge on any atom is 0.335 e. The number of carboxylic acids is 1. The monoisotopic (exact) mass is 377 g/mol. The molecule has 4 aromatic rings. The standard InChI is InChI=1S/C20H15N3O3S/c1-12-14(5-4-6-15(12)19(24)25)17-10-9-13(26-17)11-21-23-20-22-16-7-2-3-8-18(16)27-20/h2-10H,11H2,1H3,(H,24,25). The van der Waals surface area contributed by atoms with Gasteiger partial charge in [0.1, 0.15) is 18.1 Å². The second-order valence-corrected chi connectivity index (χ2v) is 6.92. The van der Waals surface area contributed by atoms with Crippen molar-refractivity contribution in [2.24, 2.45) is 10.2 Å². The van der Waals surface area contributed by atoms with Crippen LogP contribution in [0.3, 0.4) is 0 Å². The molecule has 0 aliphatic heterocycles. The van der Waals surface area contributed by atoms with Crippen molar-refractivity contribution in [1.82, 2.24) is 4.98 Å². The number of aromatic carboxylic acids is 1. The fourth-order valence-corrected chi connectivity index (χ4v) is 3.61. The van der Waals surface area contributed by atoms with E-state index in [9.17, 15) is 9.90 Å². The first-order chi connectivity index (χ1) is 13.1. The van der Waals surface area contributed by atoms with Crippen molar-refractivity contribution in [3.05, 3.63) is 71.5 Å². The first-order valence-corrected chi connectivity index (χ1v) is 9.08. The molecule has 1 N–H and O–H groups in total. The van der Waals surface area contributed by atoms with E-state index in [0.717, 1.165) is 15.8 Å². The Morgan fingerprint density at radius 2 is 2.00 bits per heavy atom. The Kier molecular flexibility index (Phi) is 4.52. The van der Waals surface area contributed by atoms with Gasteiger partial charge in [-0.3, -0.25) is 0 Å². The number of carboxylic acid groups (broad SMARTS) is 1. The number of benzene rings is 2. The zero-order valence-electron chi connectivity index (χ0n) is 14.4. The van der Waals surface area contributed by atoms with Crippen LogP contribution in [-0.2, 0) is 6.54 Å². The molecular weight excluding hydrogens is 362 g/mol. The van der Waals surface area contributed by atoms with Crippen molar-refractivity contribution >= 4 is 32.7 Å². The predicted octanol–water partition coefficient (Wildman–Crippen LogP) is 5.85. The van der Waals surface area contributed by atoms with E-state index in [-0.39, 0.29) is 12.1 Å². The van der Waals surface area contributed by atoms with Crippen LogP contribution in [0.1, 0.15) is 21.7 Å². The van der Waals surface area contributed by atoms with Crippen LogP contribution in [0.5, 0.6) is 0 Å². The Bertz CT molecular complexity index is 1130. The van der Waals surface area contributed by atoms with E-state index in [0.29, 0.717) is 22.2 Å². The molecule has 4 rings (SSSR count). The van der Waals surface area contributed by atoms with E-state index in [2.05, 4.69) is 15.2 Å². The van der Waals surface area contributed by atoms with Crippen LogP contribution in [0, 0.1) is 6.92 Å². The van der Waals surface area contributed by atoms with Crippen LogP contribution in [0.2, 0.25) is 0 Å². The lowest BCUT2D eigenvalue weighted by molar-refractivity contribution is 0.0696. The molecule has 7 heteroatoms. The zero-order chi connectivity index (χ0) is 18.8. The molecule has 0 saturated carbocycles. The molecule has 6 nitrogen and oxygen atoms in total. The summed E-state index contributed by atoms with van der Waals surface area (Å²) in [5.74, 6) is 0.307. The van der Waals surface area contributed by atoms with Gasteiger partial charge in [0.25, 0.3) is 0 Å². The topological polar surface area (TPSA) is 88.0 Å². The molecule has 0 spiro atoms. The van der Waals surface area contributed by atoms with Gasteiger partial charge in [-0.25, -0.2) is 9.78 Å². The molecule has 134 valence electrons. The first kappa shape index (κ1) is 17.1. The van der Waals surface area contributed by atoms with Gasteiger partial charge in [-0.15, -0.1) is 5.11 Å². The maximum atomic E-state index is 11.3. The molecule has 0 saturated heterocycles. The smallest absolute Gasteiger partial charge is 0.335 e. The molecule has 2 heterocycles. The number of para-hydroxylation sites is 1. The van der Waals surface area contributed by atoms with Gasteiger partial charge in [-0.05, 0) is 42.8 Å². The highest BCUT2D eigenvalue weighted by atomic mass is 32.1. The molecule has 0 bridgehead atoms. The lowest BCUT2D eigenvalue weighted by Crippen LogP contribution is -2.00. The van der Waals surface area contributed by atoms with Crippen LogP contribution >= 0.6 is 11.3 Å². The number of thiazole rings is 1. The summed E-state index contributed by atoms with van der Waals surface area (Å²) in [5, 5.41) is 18.2. The highest BCUT2D eigenvalue weighted by Gasteiger charge is 2.13. The van der Waals surface area contributed by atoms with Crippen molar-refractivity contribution in [2.45, 2.75) is 13.5 Å². The molecule has 2 aromatic carbocycles. The van der Waals surface area contributed by atoms with Crippen LogP contribution < -0.4 is 0 Å². The molecule has 2 aromatic heterocycles. The summed E-state index contributed by atoms with van der Waals surface area (Å²) in [6.45, 7) is 2.06. The van der Waals surface area contributed by atoms with Gasteiger partial charge < -0.3 is 9.52 Å². The second kappa shape index (κ2) is 7.13. The minimum absolute atomic E-state index is 0.265. The molecule has 0 amide bonds. The minimum Gasteiger partial charge on any atom is -0.478 e. The van der Waals surface area contributed by atoms with Gasteiger partial charge in [-0.1, -0.05) is 35.6 Å². The molecule has 0 aliphatic carbocycles. The molecule has 0 atom stereocenters. The maximum absolute atomic E-state index is 11.3. The molecule has 27 heavy (non-hydrogen) atoms. The van der Waals surface area contributed by atoms with Crippen LogP contribution in [0.15, 0.2) is 69.2 Å². The van der Waals surface area contributed by atoms with Gasteiger partial charge in [0.05, 0.1) is 15.8 Å². The summed E-state index contributed by atoms with van der Waals surface area (Å²) in [6.07, 6.45) is 0. The second-order valence-electron chi connectivity index (χ2n) is 5.91. The average molecular weight is 377 g/mol. The van der Waals surface area contributed by atoms with Gasteiger partial charge in [0.15, 0.2) is 0 Å². The summed E-state index contributed by atoms with van der Waals surface area (Å²) in [7, 11) is 0. The Morgan fingerprint density at radius 3 is 2.81 bits per heavy atom. The summed E-state index contributed by atoms with van der Waals surface area (Å²) in [6, 6.07) is 16.6. The molecule has 0 radical (unpaired) electrons. The van der Waals surface area contributed by atoms with Crippen molar-refractivity contribution in [2.75, 3.05) is 0 Å². The summed E-state index contributed by atoms with van der Waals surface area (Å²) in [4.78, 5) is 15.7. The Balaban J connectivity index is 1.51. The molecule has 0 fully saturated rings. The third-order valence-corrected chi connectivity index (χ3v) is 5.08. The Hall–Kier alpha value is -3.32. The highest BCUT2D eigenvalue weighted by Crippen LogP contribution is 2.29. The Morgan fingerprint density at radius 1 is 1.15 bits per heavy atom. The van der Waals surface area contributed by atoms with Crippen molar-refractivity contribution in [3.63, 3.8) is 0 Å². The van der Waals surface area contributed by atoms with Gasteiger partial charge in [-0.2, -0.15) is 5.11 Å². The number of nitrogens with zero attached hydrogens (tertiary/aromatic N) is 3. The third kappa shape index (κ3) is 3.50. The van der Waals surface area contributed by atoms with E-state index in [4.69, 9.17) is 4.42 Å². The largest absolute Gasteiger partial charge is 0.478 e. The average Bonchev–Trinajstić information content (AvgIpc) is 3.28. The lowest BCUT2D eigenvalue weighted by Gasteiger charge is -2.05. The van der Waals surface area contributed by atoms with Crippen LogP contribution in [0.25, 0.3) is 21.5 Å². The summed E-state index contributed by atoms with van der Waals surface area (Å²) in [5.41, 5.74) is 2.60. The number of rotatable bonds is 5. The molecule has 0 unspecified atom stereocenters. The number of azo groups is 1. The number of fused-ring (bicyclic) bond motifs is 1. The number of hydrogen-bond acceptors (Lipinski definition) is 6. The van der Waals surface area contributed by atoms with Crippen molar-refractivity contribution in [3.8, 4) is 11.3 Å². The first-order valence-electron chi connectivity index (χ1n) is 8.27. The fourth-order valence-electron chi connectivity index (χ4n) is 2.81. The van der Waals surface area contributed by atoms with Gasteiger partial charge in [0.2, 0.25) is 5.13 Å². The van der Waals surface area contributed by atoms with E-state index in [1.54, 1.807) is 19.1 Å². The molecular formula is C20H15N3O3S. The predicted molar refractivity (Wildman–Crippen MR) is 104 cm³/mol. The zero-order valence-corrected chi connectivity index (χ0v) is 15.2. The summed E-state index contributed by atoms with van der Waals surface area (Å²) < 4.78 is 6.89. The normalized spacial score (nSPS) is 11.4. The lowest BCUT2D eigenvalue weighted by atomic mass is 10.0. The number of aromatic nitrogens is 1. The minimum atomic E-state index is -0.953. The number of carbonyl (C=O) groups is 1. The van der Waals surface area contributed by atoms with E-state index >= 15 is 0 Å². The quantitative estimate of drug-likeness (QED) is 0.442. The Labute approximate surface area is 158 Å². The SMILES string of the molecule is Cc1c(C(=O)O)cccc1-c1ccc(CN=Nc2nc3ccccc3s2)o1. The van der Waals surface area contributed by atoms with E-state index in [1.165, 1.54) is 11.3 Å². The van der Waals surface area contributed by atoms with Crippen LogP contribution in [-0.4, -0.2) is 16.1 Å². The number of furan rings is 1. The van der Waals surface area contributed by atoms with Crippen molar-refractivity contribution in [1.29, 1.82) is 0 Å². The van der Waals surface area contributed by atoms with Gasteiger partial charge in [0, 0.05) is 5.56 Å². The van der Waals surface area contributed by atoms with Gasteiger partial charge >= 0.3 is 5.97 Å². The summed E-state index contributed by atoms with van der Waals surface area (Å²) >= 11 is 1.48. The van der Waals surface area contributed by atoms with E-state index < -0.39 is 5.97 Å².